The standard InChI is InChI=1S/C6H7N5O5/c12-3(13)1-2(6(15)16)7-5(14)4-8-10-11-9-4/h2H,1H2,(H,7,14)(H,12,13)(H,15,16)(H,8,9,10,11)/t2-/m1/s1. The molecule has 1 rings (SSSR count). The number of amides is 1. The number of hydrogen-bond acceptors (Lipinski definition) is 6. The molecule has 0 bridgehead atoms. The van der Waals surface area contributed by atoms with Gasteiger partial charge in [-0.2, -0.15) is 5.21 Å². The zero-order valence-corrected chi connectivity index (χ0v) is 7.75. The van der Waals surface area contributed by atoms with Gasteiger partial charge in [0, 0.05) is 0 Å². The molecule has 0 saturated heterocycles. The first kappa shape index (κ1) is 11.6. The van der Waals surface area contributed by atoms with Crippen LogP contribution in [0.4, 0.5) is 0 Å². The van der Waals surface area contributed by atoms with Crippen LogP contribution < -0.4 is 5.32 Å². The van der Waals surface area contributed by atoms with Gasteiger partial charge in [0.25, 0.3) is 11.7 Å². The van der Waals surface area contributed by atoms with Crippen LogP contribution in [-0.2, 0) is 9.59 Å². The summed E-state index contributed by atoms with van der Waals surface area (Å²) in [5.74, 6) is -4.08. The Bertz CT molecular complexity index is 401. The Morgan fingerprint density at radius 2 is 2.06 bits per heavy atom. The molecule has 86 valence electrons. The number of carboxylic acid groups (broad SMARTS) is 2. The summed E-state index contributed by atoms with van der Waals surface area (Å²) in [5.41, 5.74) is 0. The summed E-state index contributed by atoms with van der Waals surface area (Å²) >= 11 is 0. The third kappa shape index (κ3) is 3.01. The van der Waals surface area contributed by atoms with Gasteiger partial charge >= 0.3 is 11.9 Å². The molecule has 10 nitrogen and oxygen atoms in total. The largest absolute Gasteiger partial charge is 0.481 e. The van der Waals surface area contributed by atoms with Crippen LogP contribution >= 0.6 is 0 Å². The molecular weight excluding hydrogens is 222 g/mol. The van der Waals surface area contributed by atoms with E-state index < -0.39 is 30.3 Å². The fourth-order valence-corrected chi connectivity index (χ4v) is 0.855. The number of aromatic nitrogens is 4. The van der Waals surface area contributed by atoms with Gasteiger partial charge in [0.05, 0.1) is 6.42 Å². The number of aliphatic carboxylic acids is 2. The molecule has 16 heavy (non-hydrogen) atoms. The molecule has 0 aliphatic heterocycles. The molecule has 1 aromatic rings. The van der Waals surface area contributed by atoms with Crippen LogP contribution in [0, 0.1) is 0 Å². The average molecular weight is 229 g/mol. The van der Waals surface area contributed by atoms with E-state index in [1.54, 1.807) is 0 Å². The lowest BCUT2D eigenvalue weighted by Gasteiger charge is -2.09. The normalized spacial score (nSPS) is 11.8. The Labute approximate surface area is 87.7 Å². The molecule has 0 radical (unpaired) electrons. The van der Waals surface area contributed by atoms with Gasteiger partial charge in [-0.3, -0.25) is 9.59 Å². The van der Waals surface area contributed by atoms with Gasteiger partial charge in [0.2, 0.25) is 0 Å². The van der Waals surface area contributed by atoms with E-state index in [0.29, 0.717) is 0 Å². The predicted molar refractivity (Wildman–Crippen MR) is 45.3 cm³/mol. The third-order valence-electron chi connectivity index (χ3n) is 1.53. The molecule has 0 saturated carbocycles. The summed E-state index contributed by atoms with van der Waals surface area (Å²) in [6.07, 6.45) is -0.737. The molecular formula is C6H7N5O5. The molecule has 1 amide bonds. The second-order valence-corrected chi connectivity index (χ2v) is 2.70. The van der Waals surface area contributed by atoms with E-state index in [1.165, 1.54) is 0 Å². The molecule has 0 aliphatic carbocycles. The van der Waals surface area contributed by atoms with E-state index in [0.717, 1.165) is 0 Å². The van der Waals surface area contributed by atoms with Gasteiger partial charge in [-0.15, -0.1) is 10.2 Å². The van der Waals surface area contributed by atoms with E-state index in [9.17, 15) is 14.4 Å². The Kier molecular flexibility index (Phi) is 3.48. The zero-order chi connectivity index (χ0) is 12.1. The topological polar surface area (TPSA) is 158 Å². The minimum atomic E-state index is -1.54. The maximum Gasteiger partial charge on any atom is 0.326 e. The zero-order valence-electron chi connectivity index (χ0n) is 7.75. The molecule has 0 aliphatic rings. The Morgan fingerprint density at radius 1 is 1.38 bits per heavy atom. The van der Waals surface area contributed by atoms with Crippen molar-refractivity contribution in [3.63, 3.8) is 0 Å². The number of H-pyrrole nitrogens is 1. The lowest BCUT2D eigenvalue weighted by molar-refractivity contribution is -0.145. The highest BCUT2D eigenvalue weighted by molar-refractivity contribution is 5.94. The third-order valence-corrected chi connectivity index (χ3v) is 1.53. The van der Waals surface area contributed by atoms with Crippen molar-refractivity contribution in [3.05, 3.63) is 5.82 Å². The number of rotatable bonds is 5. The summed E-state index contributed by atoms with van der Waals surface area (Å²) < 4.78 is 0. The van der Waals surface area contributed by atoms with E-state index in [-0.39, 0.29) is 5.82 Å². The minimum absolute atomic E-state index is 0.364. The number of carbonyl (C=O) groups is 3. The number of carboxylic acids is 2. The highest BCUT2D eigenvalue weighted by atomic mass is 16.4. The summed E-state index contributed by atoms with van der Waals surface area (Å²) in [7, 11) is 0. The maximum atomic E-state index is 11.2. The van der Waals surface area contributed by atoms with Gasteiger partial charge in [-0.25, -0.2) is 4.79 Å². The second kappa shape index (κ2) is 4.82. The number of nitrogens with zero attached hydrogens (tertiary/aromatic N) is 3. The fourth-order valence-electron chi connectivity index (χ4n) is 0.855. The summed E-state index contributed by atoms with van der Waals surface area (Å²) in [6, 6.07) is -1.54. The van der Waals surface area contributed by atoms with E-state index in [1.807, 2.05) is 10.5 Å². The van der Waals surface area contributed by atoms with Crippen molar-refractivity contribution in [2.75, 3.05) is 0 Å². The molecule has 1 atom stereocenters. The second-order valence-electron chi connectivity index (χ2n) is 2.70. The van der Waals surface area contributed by atoms with Crippen molar-refractivity contribution < 1.29 is 24.6 Å². The number of nitrogens with one attached hydrogen (secondary N) is 2. The van der Waals surface area contributed by atoms with Crippen LogP contribution in [0.1, 0.15) is 17.0 Å². The van der Waals surface area contributed by atoms with Crippen molar-refractivity contribution in [2.45, 2.75) is 12.5 Å². The van der Waals surface area contributed by atoms with Gasteiger partial charge in [-0.1, -0.05) is 0 Å². The predicted octanol–water partition coefficient (Wildman–Crippen LogP) is -2.14. The first-order chi connectivity index (χ1) is 7.50. The summed E-state index contributed by atoms with van der Waals surface area (Å²) in [4.78, 5) is 32.2. The first-order valence-corrected chi connectivity index (χ1v) is 3.99. The number of tetrazole rings is 1. The summed E-state index contributed by atoms with van der Waals surface area (Å²) in [5, 5.41) is 30.7. The molecule has 4 N–H and O–H groups in total. The minimum Gasteiger partial charge on any atom is -0.481 e. The lowest BCUT2D eigenvalue weighted by Crippen LogP contribution is -2.42. The van der Waals surface area contributed by atoms with Crippen LogP contribution in [0.2, 0.25) is 0 Å². The van der Waals surface area contributed by atoms with Crippen molar-refractivity contribution in [1.29, 1.82) is 0 Å². The Hall–Kier alpha value is -2.52. The van der Waals surface area contributed by atoms with Gasteiger partial charge in [0.1, 0.15) is 6.04 Å². The number of carbonyl (C=O) groups excluding carboxylic acids is 1. The van der Waals surface area contributed by atoms with Crippen molar-refractivity contribution >= 4 is 17.8 Å². The Morgan fingerprint density at radius 3 is 2.50 bits per heavy atom. The summed E-state index contributed by atoms with van der Waals surface area (Å²) in [6.45, 7) is 0. The number of hydrogen-bond donors (Lipinski definition) is 4. The van der Waals surface area contributed by atoms with Crippen LogP contribution in [0.15, 0.2) is 0 Å². The number of aromatic amines is 1. The van der Waals surface area contributed by atoms with E-state index >= 15 is 0 Å². The van der Waals surface area contributed by atoms with Crippen LogP contribution in [0.5, 0.6) is 0 Å². The van der Waals surface area contributed by atoms with Crippen LogP contribution in [-0.4, -0.2) is 54.7 Å². The smallest absolute Gasteiger partial charge is 0.326 e. The fraction of sp³-hybridized carbons (Fsp3) is 0.333. The van der Waals surface area contributed by atoms with Crippen LogP contribution in [0.3, 0.4) is 0 Å². The quantitative estimate of drug-likeness (QED) is 0.445. The lowest BCUT2D eigenvalue weighted by atomic mass is 10.2. The Balaban J connectivity index is 2.65. The molecule has 1 aromatic heterocycles. The van der Waals surface area contributed by atoms with Crippen LogP contribution in [0.25, 0.3) is 0 Å². The monoisotopic (exact) mass is 229 g/mol. The highest BCUT2D eigenvalue weighted by Crippen LogP contribution is 1.95. The van der Waals surface area contributed by atoms with Gasteiger partial charge in [-0.05, 0) is 5.21 Å². The van der Waals surface area contributed by atoms with E-state index in [2.05, 4.69) is 15.4 Å². The molecule has 10 heteroatoms. The molecule has 0 aromatic carbocycles. The molecule has 0 unspecified atom stereocenters. The molecule has 0 spiro atoms. The van der Waals surface area contributed by atoms with Crippen molar-refractivity contribution in [3.8, 4) is 0 Å². The van der Waals surface area contributed by atoms with Crippen molar-refractivity contribution in [2.24, 2.45) is 0 Å². The van der Waals surface area contributed by atoms with Gasteiger partial charge < -0.3 is 15.5 Å². The highest BCUT2D eigenvalue weighted by Gasteiger charge is 2.24. The molecule has 1 heterocycles. The van der Waals surface area contributed by atoms with Gasteiger partial charge in [0.15, 0.2) is 0 Å². The van der Waals surface area contributed by atoms with E-state index in [4.69, 9.17) is 10.2 Å². The molecule has 0 fully saturated rings. The average Bonchev–Trinajstić information content (AvgIpc) is 2.68. The van der Waals surface area contributed by atoms with Crippen molar-refractivity contribution in [1.82, 2.24) is 25.9 Å². The maximum absolute atomic E-state index is 11.2. The SMILES string of the molecule is O=C(O)C[C@@H](NC(=O)c1nn[nH]n1)C(=O)O. The first-order valence-electron chi connectivity index (χ1n) is 3.99.